The van der Waals surface area contributed by atoms with E-state index in [1.807, 2.05) is 0 Å². The molecule has 284 valence electrons. The van der Waals surface area contributed by atoms with Gasteiger partial charge in [-0.3, -0.25) is 4.90 Å². The van der Waals surface area contributed by atoms with Crippen molar-refractivity contribution in [2.24, 2.45) is 0 Å². The lowest BCUT2D eigenvalue weighted by molar-refractivity contribution is 0.654. The van der Waals surface area contributed by atoms with E-state index in [1.165, 1.54) is 69.3 Å². The normalized spacial score (nSPS) is 15.4. The van der Waals surface area contributed by atoms with Crippen LogP contribution in [0.15, 0.2) is 206 Å². The maximum Gasteiger partial charge on any atom is 0.162 e. The molecule has 1 spiro atoms. The lowest BCUT2D eigenvalue weighted by Gasteiger charge is -2.36. The van der Waals surface area contributed by atoms with Gasteiger partial charge in [-0.25, -0.2) is 9.97 Å². The highest BCUT2D eigenvalue weighted by atomic mass is 15.2. The molecule has 60 heavy (non-hydrogen) atoms. The van der Waals surface area contributed by atoms with Gasteiger partial charge in [0, 0.05) is 28.0 Å². The van der Waals surface area contributed by atoms with E-state index in [4.69, 9.17) is 9.97 Å². The summed E-state index contributed by atoms with van der Waals surface area (Å²) in [5.74, 6) is 2.00. The van der Waals surface area contributed by atoms with Gasteiger partial charge >= 0.3 is 0 Å². The predicted octanol–water partition coefficient (Wildman–Crippen LogP) is 14.6. The van der Waals surface area contributed by atoms with Crippen LogP contribution in [-0.2, 0) is 5.41 Å². The molecule has 0 N–H and O–H groups in total. The Balaban J connectivity index is 1.18. The molecule has 0 bridgehead atoms. The summed E-state index contributed by atoms with van der Waals surface area (Å²) in [5.41, 5.74) is 17.4. The lowest BCUT2D eigenvalue weighted by Crippen LogP contribution is -2.28. The topological polar surface area (TPSA) is 29.0 Å². The zero-order chi connectivity index (χ0) is 39.6. The number of hydrogen-bond donors (Lipinski definition) is 0. The van der Waals surface area contributed by atoms with Crippen molar-refractivity contribution in [1.82, 2.24) is 9.97 Å². The molecule has 1 unspecified atom stereocenters. The first-order valence-corrected chi connectivity index (χ1v) is 21.2. The second-order valence-corrected chi connectivity index (χ2v) is 16.3. The minimum atomic E-state index is -0.565. The molecule has 0 fully saturated rings. The molecule has 0 saturated heterocycles. The average Bonchev–Trinajstić information content (AvgIpc) is 3.80. The van der Waals surface area contributed by atoms with Crippen LogP contribution < -0.4 is 4.90 Å². The van der Waals surface area contributed by atoms with Crippen LogP contribution in [-0.4, -0.2) is 9.97 Å². The highest BCUT2D eigenvalue weighted by Gasteiger charge is 2.53. The number of para-hydroxylation sites is 2. The third-order valence-electron chi connectivity index (χ3n) is 13.1. The standard InChI is InChI=1S/C57H41N3/c1-3-18-38(19-4-1)39-34-36-41(37-35-39)55-58-51-31-15-10-26-47(51)56(59-55)60(52-32-16-11-22-42(52)40-20-5-2-6-21-40)53-33-17-27-46-45-25-9-14-30-50(45)57(54(46)53)48-28-12-7-23-43(48)44-24-8-13-29-49(44)57/h2-3,5-18,20-38H,1,4,19H2. The molecule has 8 aromatic carbocycles. The highest BCUT2D eigenvalue weighted by Crippen LogP contribution is 2.65. The zero-order valence-electron chi connectivity index (χ0n) is 33.2. The van der Waals surface area contributed by atoms with Crippen molar-refractivity contribution in [3.63, 3.8) is 0 Å². The van der Waals surface area contributed by atoms with Gasteiger partial charge in [0.25, 0.3) is 0 Å². The Hall–Kier alpha value is -7.36. The Labute approximate surface area is 351 Å². The summed E-state index contributed by atoms with van der Waals surface area (Å²) in [5, 5.41) is 0.988. The highest BCUT2D eigenvalue weighted by molar-refractivity contribution is 6.04. The molecule has 0 saturated carbocycles. The largest absolute Gasteiger partial charge is 0.293 e. The van der Waals surface area contributed by atoms with Crippen molar-refractivity contribution in [2.75, 3.05) is 4.90 Å². The Morgan fingerprint density at radius 2 is 1.05 bits per heavy atom. The zero-order valence-corrected chi connectivity index (χ0v) is 33.2. The van der Waals surface area contributed by atoms with Crippen LogP contribution in [0.5, 0.6) is 0 Å². The first kappa shape index (κ1) is 34.7. The summed E-state index contributed by atoms with van der Waals surface area (Å²) in [7, 11) is 0. The Bertz CT molecular complexity index is 3080. The van der Waals surface area contributed by atoms with E-state index in [2.05, 4.69) is 211 Å². The fourth-order valence-electron chi connectivity index (χ4n) is 10.5. The van der Waals surface area contributed by atoms with Crippen LogP contribution in [0.1, 0.15) is 53.0 Å². The minimum Gasteiger partial charge on any atom is -0.293 e. The molecular formula is C57H41N3. The number of benzene rings is 8. The van der Waals surface area contributed by atoms with Crippen LogP contribution in [0.25, 0.3) is 55.7 Å². The molecule has 12 rings (SSSR count). The van der Waals surface area contributed by atoms with Crippen LogP contribution in [0.3, 0.4) is 0 Å². The Kier molecular flexibility index (Phi) is 8.02. The SMILES string of the molecule is C1=CC(c2ccc(-c3nc(N(c4ccccc4-c4ccccc4)c4cccc5c4C4(c6ccccc6-c6ccccc64)c4ccccc4-5)c4ccccc4n3)cc2)CCC1. The molecule has 1 heterocycles. The number of fused-ring (bicyclic) bond motifs is 11. The lowest BCUT2D eigenvalue weighted by atomic mass is 9.70. The van der Waals surface area contributed by atoms with Gasteiger partial charge in [0.2, 0.25) is 0 Å². The molecule has 1 aromatic heterocycles. The molecular weight excluding hydrogens is 727 g/mol. The second-order valence-electron chi connectivity index (χ2n) is 16.3. The number of nitrogens with zero attached hydrogens (tertiary/aromatic N) is 3. The Morgan fingerprint density at radius 3 is 1.75 bits per heavy atom. The summed E-state index contributed by atoms with van der Waals surface area (Å²) in [6.07, 6.45) is 8.28. The fourth-order valence-corrected chi connectivity index (χ4v) is 10.5. The van der Waals surface area contributed by atoms with Crippen LogP contribution in [0, 0.1) is 0 Å². The van der Waals surface area contributed by atoms with Gasteiger partial charge in [-0.2, -0.15) is 0 Å². The van der Waals surface area contributed by atoms with E-state index in [-0.39, 0.29) is 0 Å². The van der Waals surface area contributed by atoms with Crippen molar-refractivity contribution in [1.29, 1.82) is 0 Å². The van der Waals surface area contributed by atoms with E-state index in [9.17, 15) is 0 Å². The van der Waals surface area contributed by atoms with Crippen molar-refractivity contribution in [3.05, 3.63) is 234 Å². The van der Waals surface area contributed by atoms with Gasteiger partial charge in [0.1, 0.15) is 5.82 Å². The van der Waals surface area contributed by atoms with Crippen LogP contribution in [0.4, 0.5) is 17.2 Å². The molecule has 3 aliphatic rings. The second kappa shape index (κ2) is 13.9. The van der Waals surface area contributed by atoms with Gasteiger partial charge in [-0.15, -0.1) is 0 Å². The van der Waals surface area contributed by atoms with E-state index in [0.717, 1.165) is 44.8 Å². The van der Waals surface area contributed by atoms with Gasteiger partial charge in [-0.1, -0.05) is 182 Å². The first-order valence-electron chi connectivity index (χ1n) is 21.2. The maximum absolute atomic E-state index is 5.68. The number of anilines is 3. The monoisotopic (exact) mass is 767 g/mol. The van der Waals surface area contributed by atoms with E-state index < -0.39 is 5.41 Å². The molecule has 0 radical (unpaired) electrons. The predicted molar refractivity (Wildman–Crippen MR) is 247 cm³/mol. The number of hydrogen-bond acceptors (Lipinski definition) is 3. The van der Waals surface area contributed by atoms with E-state index >= 15 is 0 Å². The molecule has 9 aromatic rings. The summed E-state index contributed by atoms with van der Waals surface area (Å²) >= 11 is 0. The van der Waals surface area contributed by atoms with Gasteiger partial charge in [-0.05, 0) is 93.6 Å². The van der Waals surface area contributed by atoms with Crippen molar-refractivity contribution < 1.29 is 0 Å². The number of allylic oxidation sites excluding steroid dienone is 2. The number of rotatable bonds is 6. The van der Waals surface area contributed by atoms with Crippen molar-refractivity contribution in [2.45, 2.75) is 30.6 Å². The summed E-state index contributed by atoms with van der Waals surface area (Å²) in [6.45, 7) is 0. The number of aromatic nitrogens is 2. The fraction of sp³-hybridized carbons (Fsp3) is 0.0877. The van der Waals surface area contributed by atoms with Crippen molar-refractivity contribution >= 4 is 28.1 Å². The molecule has 0 aliphatic heterocycles. The van der Waals surface area contributed by atoms with Gasteiger partial charge in [0.15, 0.2) is 5.82 Å². The summed E-state index contributed by atoms with van der Waals surface area (Å²) < 4.78 is 0. The summed E-state index contributed by atoms with van der Waals surface area (Å²) in [6, 6.07) is 71.0. The smallest absolute Gasteiger partial charge is 0.162 e. The maximum atomic E-state index is 5.68. The molecule has 3 aliphatic carbocycles. The third-order valence-corrected chi connectivity index (χ3v) is 13.1. The van der Waals surface area contributed by atoms with Crippen LogP contribution >= 0.6 is 0 Å². The van der Waals surface area contributed by atoms with E-state index in [1.54, 1.807) is 0 Å². The first-order chi connectivity index (χ1) is 29.8. The van der Waals surface area contributed by atoms with Crippen molar-refractivity contribution in [3.8, 4) is 44.8 Å². The van der Waals surface area contributed by atoms with Crippen LogP contribution in [0.2, 0.25) is 0 Å². The minimum absolute atomic E-state index is 0.452. The molecule has 1 atom stereocenters. The molecule has 3 nitrogen and oxygen atoms in total. The average molecular weight is 768 g/mol. The van der Waals surface area contributed by atoms with Gasteiger partial charge < -0.3 is 0 Å². The molecule has 3 heteroatoms. The third kappa shape index (κ3) is 5.15. The summed E-state index contributed by atoms with van der Waals surface area (Å²) in [4.78, 5) is 13.4. The van der Waals surface area contributed by atoms with Gasteiger partial charge in [0.05, 0.1) is 22.3 Å². The Morgan fingerprint density at radius 1 is 0.467 bits per heavy atom. The quantitative estimate of drug-likeness (QED) is 0.158. The molecule has 0 amide bonds. The van der Waals surface area contributed by atoms with E-state index in [0.29, 0.717) is 11.7 Å².